The largest absolute Gasteiger partial charge is 0.457 e. The predicted molar refractivity (Wildman–Crippen MR) is 88.9 cm³/mol. The summed E-state index contributed by atoms with van der Waals surface area (Å²) < 4.78 is 10.6. The number of rotatable bonds is 3. The fourth-order valence-corrected chi connectivity index (χ4v) is 3.04. The number of fused-ring (bicyclic) bond motifs is 1. The fraction of sp³-hybridized carbons (Fsp3) is 0.278. The Labute approximate surface area is 139 Å². The van der Waals surface area contributed by atoms with Gasteiger partial charge in [0.1, 0.15) is 6.10 Å². The Morgan fingerprint density at radius 3 is 2.79 bits per heavy atom. The second-order valence-electron chi connectivity index (χ2n) is 5.82. The Morgan fingerprint density at radius 2 is 2.00 bits per heavy atom. The Bertz CT molecular complexity index is 834. The summed E-state index contributed by atoms with van der Waals surface area (Å²) in [6.45, 7) is 1.55. The van der Waals surface area contributed by atoms with Crippen LogP contribution in [0.4, 0.5) is 5.82 Å². The van der Waals surface area contributed by atoms with Crippen LogP contribution in [0.1, 0.15) is 23.4 Å². The van der Waals surface area contributed by atoms with E-state index in [2.05, 4.69) is 21.2 Å². The third-order valence-electron chi connectivity index (χ3n) is 4.29. The minimum Gasteiger partial charge on any atom is -0.457 e. The van der Waals surface area contributed by atoms with Gasteiger partial charge in [0.15, 0.2) is 5.82 Å². The molecule has 0 radical (unpaired) electrons. The van der Waals surface area contributed by atoms with E-state index in [0.717, 1.165) is 42.5 Å². The summed E-state index contributed by atoms with van der Waals surface area (Å²) in [6.07, 6.45) is 4.67. The van der Waals surface area contributed by atoms with Gasteiger partial charge in [-0.1, -0.05) is 24.3 Å². The third-order valence-corrected chi connectivity index (χ3v) is 4.29. The standard InChI is InChI=1S/C18H17N3O3/c22-18(16-6-3-11-23-16)24-14-7-9-21(10-8-14)17-15-5-2-1-4-13(15)12-19-20-17/h1-6,11-12,14H,7-10H2. The van der Waals surface area contributed by atoms with Gasteiger partial charge < -0.3 is 14.1 Å². The van der Waals surface area contributed by atoms with Crippen molar-refractivity contribution in [3.63, 3.8) is 0 Å². The van der Waals surface area contributed by atoms with E-state index in [1.165, 1.54) is 6.26 Å². The molecule has 24 heavy (non-hydrogen) atoms. The number of anilines is 1. The first-order chi connectivity index (χ1) is 11.8. The molecule has 1 aliphatic rings. The zero-order chi connectivity index (χ0) is 16.4. The number of nitrogens with zero attached hydrogens (tertiary/aromatic N) is 3. The molecule has 0 saturated carbocycles. The summed E-state index contributed by atoms with van der Waals surface area (Å²) in [5.41, 5.74) is 0. The van der Waals surface area contributed by atoms with Crippen molar-refractivity contribution in [3.05, 3.63) is 54.6 Å². The van der Waals surface area contributed by atoms with E-state index in [4.69, 9.17) is 9.15 Å². The molecule has 122 valence electrons. The average Bonchev–Trinajstić information content (AvgIpc) is 3.17. The molecule has 0 amide bonds. The van der Waals surface area contributed by atoms with Crippen LogP contribution in [0, 0.1) is 0 Å². The van der Waals surface area contributed by atoms with Gasteiger partial charge in [-0.05, 0) is 12.1 Å². The number of aromatic nitrogens is 2. The van der Waals surface area contributed by atoms with Gasteiger partial charge in [0.25, 0.3) is 0 Å². The molecule has 1 aliphatic heterocycles. The topological polar surface area (TPSA) is 68.5 Å². The second kappa shape index (κ2) is 6.31. The molecule has 6 nitrogen and oxygen atoms in total. The summed E-state index contributed by atoms with van der Waals surface area (Å²) in [7, 11) is 0. The lowest BCUT2D eigenvalue weighted by Gasteiger charge is -2.32. The minimum absolute atomic E-state index is 0.0956. The Balaban J connectivity index is 1.43. The number of hydrogen-bond donors (Lipinski definition) is 0. The van der Waals surface area contributed by atoms with E-state index >= 15 is 0 Å². The molecule has 6 heteroatoms. The van der Waals surface area contributed by atoms with Crippen LogP contribution >= 0.6 is 0 Å². The van der Waals surface area contributed by atoms with E-state index in [9.17, 15) is 4.79 Å². The van der Waals surface area contributed by atoms with E-state index in [0.29, 0.717) is 0 Å². The minimum atomic E-state index is -0.400. The van der Waals surface area contributed by atoms with Gasteiger partial charge in [-0.25, -0.2) is 4.79 Å². The third kappa shape index (κ3) is 2.82. The van der Waals surface area contributed by atoms with Crippen LogP contribution in [-0.4, -0.2) is 35.4 Å². The smallest absolute Gasteiger partial charge is 0.374 e. The second-order valence-corrected chi connectivity index (χ2v) is 5.82. The normalized spacial score (nSPS) is 15.6. The van der Waals surface area contributed by atoms with Crippen molar-refractivity contribution in [1.29, 1.82) is 0 Å². The first kappa shape index (κ1) is 14.7. The molecule has 0 unspecified atom stereocenters. The maximum absolute atomic E-state index is 11.9. The van der Waals surface area contributed by atoms with Crippen molar-refractivity contribution in [1.82, 2.24) is 10.2 Å². The van der Waals surface area contributed by atoms with Crippen molar-refractivity contribution in [2.75, 3.05) is 18.0 Å². The number of carbonyl (C=O) groups excluding carboxylic acids is 1. The van der Waals surface area contributed by atoms with E-state index < -0.39 is 5.97 Å². The number of furan rings is 1. The molecule has 0 bridgehead atoms. The van der Waals surface area contributed by atoms with Crippen molar-refractivity contribution in [2.24, 2.45) is 0 Å². The molecule has 3 aromatic rings. The lowest BCUT2D eigenvalue weighted by molar-refractivity contribution is 0.0210. The van der Waals surface area contributed by atoms with Crippen LogP contribution in [-0.2, 0) is 4.74 Å². The van der Waals surface area contributed by atoms with Gasteiger partial charge in [-0.3, -0.25) is 0 Å². The Hall–Kier alpha value is -2.89. The maximum Gasteiger partial charge on any atom is 0.374 e. The van der Waals surface area contributed by atoms with Crippen molar-refractivity contribution in [2.45, 2.75) is 18.9 Å². The van der Waals surface area contributed by atoms with Crippen molar-refractivity contribution >= 4 is 22.6 Å². The molecule has 0 N–H and O–H groups in total. The molecule has 4 rings (SSSR count). The molecule has 0 atom stereocenters. The predicted octanol–water partition coefficient (Wildman–Crippen LogP) is 3.05. The molecular weight excluding hydrogens is 306 g/mol. The average molecular weight is 323 g/mol. The van der Waals surface area contributed by atoms with Crippen LogP contribution in [0.15, 0.2) is 53.3 Å². The van der Waals surface area contributed by atoms with Gasteiger partial charge in [0.05, 0.1) is 12.5 Å². The summed E-state index contributed by atoms with van der Waals surface area (Å²) in [6, 6.07) is 11.4. The number of esters is 1. The number of ether oxygens (including phenoxy) is 1. The molecule has 3 heterocycles. The van der Waals surface area contributed by atoms with Crippen LogP contribution in [0.2, 0.25) is 0 Å². The van der Waals surface area contributed by atoms with Gasteiger partial charge >= 0.3 is 5.97 Å². The van der Waals surface area contributed by atoms with E-state index in [-0.39, 0.29) is 11.9 Å². The van der Waals surface area contributed by atoms with Gasteiger partial charge in [-0.2, -0.15) is 5.10 Å². The first-order valence-corrected chi connectivity index (χ1v) is 8.01. The lowest BCUT2D eigenvalue weighted by Crippen LogP contribution is -2.38. The maximum atomic E-state index is 11.9. The summed E-state index contributed by atoms with van der Waals surface area (Å²) in [5.74, 6) is 0.740. The van der Waals surface area contributed by atoms with E-state index in [1.807, 2.05) is 18.2 Å². The zero-order valence-electron chi connectivity index (χ0n) is 13.1. The molecule has 2 aromatic heterocycles. The number of piperidine rings is 1. The SMILES string of the molecule is O=C(OC1CCN(c2nncc3ccccc23)CC1)c1ccco1. The highest BCUT2D eigenvalue weighted by atomic mass is 16.6. The molecule has 1 aromatic carbocycles. The van der Waals surface area contributed by atoms with E-state index in [1.54, 1.807) is 18.3 Å². The Morgan fingerprint density at radius 1 is 1.17 bits per heavy atom. The number of carbonyl (C=O) groups is 1. The van der Waals surface area contributed by atoms with Crippen molar-refractivity contribution in [3.8, 4) is 0 Å². The highest BCUT2D eigenvalue weighted by Crippen LogP contribution is 2.26. The molecule has 1 fully saturated rings. The summed E-state index contributed by atoms with van der Waals surface area (Å²) in [4.78, 5) is 14.1. The van der Waals surface area contributed by atoms with Gasteiger partial charge in [0, 0.05) is 36.7 Å². The van der Waals surface area contributed by atoms with Crippen LogP contribution in [0.25, 0.3) is 10.8 Å². The van der Waals surface area contributed by atoms with Crippen molar-refractivity contribution < 1.29 is 13.9 Å². The zero-order valence-corrected chi connectivity index (χ0v) is 13.1. The number of hydrogen-bond acceptors (Lipinski definition) is 6. The van der Waals surface area contributed by atoms with Crippen LogP contribution in [0.5, 0.6) is 0 Å². The lowest BCUT2D eigenvalue weighted by atomic mass is 10.1. The molecule has 0 aliphatic carbocycles. The molecular formula is C18H17N3O3. The first-order valence-electron chi connectivity index (χ1n) is 8.01. The fourth-order valence-electron chi connectivity index (χ4n) is 3.04. The van der Waals surface area contributed by atoms with Crippen LogP contribution < -0.4 is 4.90 Å². The summed E-state index contributed by atoms with van der Waals surface area (Å²) >= 11 is 0. The highest BCUT2D eigenvalue weighted by molar-refractivity contribution is 5.91. The molecule has 0 spiro atoms. The quantitative estimate of drug-likeness (QED) is 0.690. The van der Waals surface area contributed by atoms with Gasteiger partial charge in [-0.15, -0.1) is 5.10 Å². The monoisotopic (exact) mass is 323 g/mol. The highest BCUT2D eigenvalue weighted by Gasteiger charge is 2.25. The van der Waals surface area contributed by atoms with Crippen LogP contribution in [0.3, 0.4) is 0 Å². The van der Waals surface area contributed by atoms with Gasteiger partial charge in [0.2, 0.25) is 5.76 Å². The Kier molecular flexibility index (Phi) is 3.86. The number of benzene rings is 1. The summed E-state index contributed by atoms with van der Waals surface area (Å²) in [5, 5.41) is 10.6. The molecule has 1 saturated heterocycles.